The average molecular weight is 455 g/mol. The Balaban J connectivity index is 1.61. The molecular weight excluding hydrogens is 424 g/mol. The second kappa shape index (κ2) is 10.9. The fourth-order valence-electron chi connectivity index (χ4n) is 3.30. The zero-order valence-corrected chi connectivity index (χ0v) is 19.3. The summed E-state index contributed by atoms with van der Waals surface area (Å²) in [5, 5.41) is 7.03. The van der Waals surface area contributed by atoms with Crippen molar-refractivity contribution < 1.29 is 13.2 Å². The van der Waals surface area contributed by atoms with Gasteiger partial charge in [0, 0.05) is 36.7 Å². The molecule has 0 fully saturated rings. The summed E-state index contributed by atoms with van der Waals surface area (Å²) in [7, 11) is -3.81. The van der Waals surface area contributed by atoms with E-state index >= 15 is 0 Å². The number of amides is 1. The number of aromatic nitrogens is 2. The molecule has 1 amide bonds. The third-order valence-corrected chi connectivity index (χ3v) is 6.48. The van der Waals surface area contributed by atoms with Gasteiger partial charge in [0.25, 0.3) is 15.9 Å². The molecule has 1 heterocycles. The highest BCUT2D eigenvalue weighted by atomic mass is 32.2. The molecule has 8 heteroatoms. The number of sulfonamides is 1. The second-order valence-electron chi connectivity index (χ2n) is 7.98. The Morgan fingerprint density at radius 2 is 1.91 bits per heavy atom. The zero-order chi connectivity index (χ0) is 23.0. The minimum absolute atomic E-state index is 0.0461. The van der Waals surface area contributed by atoms with Crippen molar-refractivity contribution in [2.24, 2.45) is 5.92 Å². The van der Waals surface area contributed by atoms with Gasteiger partial charge in [-0.1, -0.05) is 38.5 Å². The van der Waals surface area contributed by atoms with Gasteiger partial charge in [0.15, 0.2) is 0 Å². The van der Waals surface area contributed by atoms with Crippen LogP contribution < -0.4 is 10.0 Å². The molecular formula is C24H30N4O3S. The van der Waals surface area contributed by atoms with Crippen LogP contribution in [0, 0.1) is 5.92 Å². The minimum Gasteiger partial charge on any atom is -0.352 e. The Morgan fingerprint density at radius 3 is 2.59 bits per heavy atom. The Labute approximate surface area is 189 Å². The summed E-state index contributed by atoms with van der Waals surface area (Å²) in [6, 6.07) is 15.3. The molecule has 0 aliphatic heterocycles. The topological polar surface area (TPSA) is 93.1 Å². The van der Waals surface area contributed by atoms with Gasteiger partial charge in [-0.15, -0.1) is 0 Å². The molecule has 2 N–H and O–H groups in total. The number of carbonyl (C=O) groups is 1. The van der Waals surface area contributed by atoms with Crippen molar-refractivity contribution in [1.29, 1.82) is 0 Å². The molecule has 1 unspecified atom stereocenters. The maximum absolute atomic E-state index is 12.8. The number of nitrogens with one attached hydrogen (secondary N) is 2. The van der Waals surface area contributed by atoms with Crippen molar-refractivity contribution in [2.45, 2.75) is 44.6 Å². The van der Waals surface area contributed by atoms with Gasteiger partial charge < -0.3 is 5.32 Å². The smallest absolute Gasteiger partial charge is 0.261 e. The van der Waals surface area contributed by atoms with E-state index in [2.05, 4.69) is 22.1 Å². The van der Waals surface area contributed by atoms with E-state index in [0.717, 1.165) is 19.3 Å². The van der Waals surface area contributed by atoms with Gasteiger partial charge in [0.1, 0.15) is 0 Å². The van der Waals surface area contributed by atoms with Crippen molar-refractivity contribution in [3.05, 3.63) is 78.1 Å². The van der Waals surface area contributed by atoms with Gasteiger partial charge in [-0.3, -0.25) is 14.2 Å². The Hall–Kier alpha value is -3.13. The molecule has 170 valence electrons. The maximum Gasteiger partial charge on any atom is 0.261 e. The maximum atomic E-state index is 12.8. The highest BCUT2D eigenvalue weighted by molar-refractivity contribution is 7.92. The summed E-state index contributed by atoms with van der Waals surface area (Å²) in [5.74, 6) is -0.137. The summed E-state index contributed by atoms with van der Waals surface area (Å²) < 4.78 is 30.1. The molecule has 0 saturated carbocycles. The highest BCUT2D eigenvalue weighted by Crippen LogP contribution is 2.18. The summed E-state index contributed by atoms with van der Waals surface area (Å²) in [6.07, 6.45) is 6.77. The first-order chi connectivity index (χ1) is 15.4. The van der Waals surface area contributed by atoms with Crippen molar-refractivity contribution in [1.82, 2.24) is 15.1 Å². The molecule has 7 nitrogen and oxygen atoms in total. The summed E-state index contributed by atoms with van der Waals surface area (Å²) in [4.78, 5) is 12.6. The number of nitrogens with zero attached hydrogens (tertiary/aromatic N) is 2. The van der Waals surface area contributed by atoms with Gasteiger partial charge in [0.05, 0.1) is 4.90 Å². The number of hydrogen-bond donors (Lipinski definition) is 2. The summed E-state index contributed by atoms with van der Waals surface area (Å²) in [6.45, 7) is 5.29. The Morgan fingerprint density at radius 1 is 1.12 bits per heavy atom. The third kappa shape index (κ3) is 6.68. The summed E-state index contributed by atoms with van der Waals surface area (Å²) >= 11 is 0. The molecule has 0 radical (unpaired) electrons. The van der Waals surface area contributed by atoms with Gasteiger partial charge in [0.2, 0.25) is 0 Å². The van der Waals surface area contributed by atoms with Crippen LogP contribution in [-0.2, 0) is 23.0 Å². The number of carbonyl (C=O) groups excluding carboxylic acids is 1. The van der Waals surface area contributed by atoms with Gasteiger partial charge in [-0.05, 0) is 60.7 Å². The third-order valence-electron chi connectivity index (χ3n) is 5.10. The highest BCUT2D eigenvalue weighted by Gasteiger charge is 2.17. The molecule has 1 atom stereocenters. The van der Waals surface area contributed by atoms with Gasteiger partial charge in [-0.2, -0.15) is 5.10 Å². The van der Waals surface area contributed by atoms with Crippen LogP contribution in [0.3, 0.4) is 0 Å². The fourth-order valence-corrected chi connectivity index (χ4v) is 4.40. The van der Waals surface area contributed by atoms with Crippen molar-refractivity contribution in [3.8, 4) is 0 Å². The van der Waals surface area contributed by atoms with E-state index in [1.165, 1.54) is 17.7 Å². The quantitative estimate of drug-likeness (QED) is 0.456. The Kier molecular flexibility index (Phi) is 8.05. The van der Waals surface area contributed by atoms with E-state index in [0.29, 0.717) is 24.3 Å². The lowest BCUT2D eigenvalue weighted by Gasteiger charge is -2.13. The van der Waals surface area contributed by atoms with Crippen LogP contribution in [0.2, 0.25) is 0 Å². The molecule has 0 aliphatic rings. The first-order valence-corrected chi connectivity index (χ1v) is 12.3. The normalized spacial score (nSPS) is 12.3. The second-order valence-corrected chi connectivity index (χ2v) is 9.66. The number of anilines is 1. The van der Waals surface area contributed by atoms with E-state index in [9.17, 15) is 13.2 Å². The lowest BCUT2D eigenvalue weighted by atomic mass is 10.1. The van der Waals surface area contributed by atoms with Crippen LogP contribution in [0.25, 0.3) is 0 Å². The monoisotopic (exact) mass is 454 g/mol. The molecule has 0 saturated heterocycles. The number of aryl methyl sites for hydroxylation is 1. The van der Waals surface area contributed by atoms with Crippen molar-refractivity contribution >= 4 is 21.6 Å². The molecule has 0 spiro atoms. The lowest BCUT2D eigenvalue weighted by molar-refractivity contribution is 0.0946. The minimum atomic E-state index is -3.81. The molecule has 3 aromatic rings. The molecule has 32 heavy (non-hydrogen) atoms. The van der Waals surface area contributed by atoms with E-state index in [1.807, 2.05) is 36.0 Å². The van der Waals surface area contributed by atoms with Crippen LogP contribution in [0.4, 0.5) is 5.69 Å². The predicted octanol–water partition coefficient (Wildman–Crippen LogP) is 4.09. The van der Waals surface area contributed by atoms with Crippen LogP contribution in [0.15, 0.2) is 71.9 Å². The number of unbranched alkanes of at least 4 members (excludes halogenated alkanes) is 1. The fraction of sp³-hybridized carbons (Fsp3) is 0.333. The molecule has 0 aliphatic carbocycles. The van der Waals surface area contributed by atoms with Gasteiger partial charge in [-0.25, -0.2) is 8.42 Å². The molecule has 2 aromatic carbocycles. The standard InChI is InChI=1S/C24H30N4O3S/c1-3-4-7-20-10-12-22(13-11-20)27-32(30,31)23-9-5-8-21(16-23)24(29)25-17-19(2)18-28-15-6-14-26-28/h5-6,8-16,19,27H,3-4,7,17-18H2,1-2H3,(H,25,29). The van der Waals surface area contributed by atoms with Crippen LogP contribution >= 0.6 is 0 Å². The molecule has 3 rings (SSSR count). The average Bonchev–Trinajstić information content (AvgIpc) is 3.30. The van der Waals surface area contributed by atoms with Crippen LogP contribution in [0.5, 0.6) is 0 Å². The lowest BCUT2D eigenvalue weighted by Crippen LogP contribution is -2.30. The number of benzene rings is 2. The largest absolute Gasteiger partial charge is 0.352 e. The van der Waals surface area contributed by atoms with Crippen LogP contribution in [-0.4, -0.2) is 30.7 Å². The number of rotatable bonds is 11. The van der Waals surface area contributed by atoms with Crippen LogP contribution in [0.1, 0.15) is 42.6 Å². The SMILES string of the molecule is CCCCc1ccc(NS(=O)(=O)c2cccc(C(=O)NCC(C)Cn3cccn3)c2)cc1. The zero-order valence-electron chi connectivity index (χ0n) is 18.5. The van der Waals surface area contributed by atoms with E-state index in [-0.39, 0.29) is 16.7 Å². The number of hydrogen-bond acceptors (Lipinski definition) is 4. The first-order valence-electron chi connectivity index (χ1n) is 10.8. The van der Waals surface area contributed by atoms with E-state index < -0.39 is 10.0 Å². The first kappa shape index (κ1) is 23.5. The van der Waals surface area contributed by atoms with Crippen molar-refractivity contribution in [2.75, 3.05) is 11.3 Å². The van der Waals surface area contributed by atoms with Gasteiger partial charge >= 0.3 is 0 Å². The summed E-state index contributed by atoms with van der Waals surface area (Å²) in [5.41, 5.74) is 1.97. The van der Waals surface area contributed by atoms with E-state index in [1.54, 1.807) is 30.5 Å². The van der Waals surface area contributed by atoms with E-state index in [4.69, 9.17) is 0 Å². The van der Waals surface area contributed by atoms with Crippen molar-refractivity contribution in [3.63, 3.8) is 0 Å². The molecule has 1 aromatic heterocycles. The Bertz CT molecular complexity index is 1110. The predicted molar refractivity (Wildman–Crippen MR) is 126 cm³/mol. The molecule has 0 bridgehead atoms.